The highest BCUT2D eigenvalue weighted by molar-refractivity contribution is 7.90. The molecule has 7 heteroatoms. The molecule has 100 valence electrons. The van der Waals surface area contributed by atoms with E-state index in [0.29, 0.717) is 0 Å². The summed E-state index contributed by atoms with van der Waals surface area (Å²) in [4.78, 5) is 25.4. The number of sulfone groups is 1. The van der Waals surface area contributed by atoms with Gasteiger partial charge < -0.3 is 4.74 Å². The van der Waals surface area contributed by atoms with Gasteiger partial charge >= 0.3 is 0 Å². The number of hydrogen-bond donors (Lipinski definition) is 0. The first kappa shape index (κ1) is 12.1. The molecule has 0 aromatic carbocycles. The van der Waals surface area contributed by atoms with Crippen LogP contribution in [0.1, 0.15) is 12.8 Å². The third kappa shape index (κ3) is 1.68. The molecule has 0 aromatic rings. The van der Waals surface area contributed by atoms with Crippen LogP contribution in [0, 0.1) is 11.8 Å². The van der Waals surface area contributed by atoms with Gasteiger partial charge in [0.15, 0.2) is 0 Å². The van der Waals surface area contributed by atoms with E-state index in [1.165, 1.54) is 0 Å². The zero-order chi connectivity index (χ0) is 13.1. The third-order valence-electron chi connectivity index (χ3n) is 4.06. The lowest BCUT2D eigenvalue weighted by atomic mass is 9.81. The van der Waals surface area contributed by atoms with E-state index in [9.17, 15) is 18.0 Å². The number of fused-ring (bicyclic) bond motifs is 5. The molecule has 0 aliphatic carbocycles. The van der Waals surface area contributed by atoms with E-state index in [0.717, 1.165) is 24.0 Å². The standard InChI is InChI=1S/C11H15NO5S/c1-18(15,16)5-4-12-10(13)8-6-2-3-7(17-6)9(8)11(12)14/h6-9H,2-5H2,1H3/t6-,7+,8-,9-/m0/s1. The van der Waals surface area contributed by atoms with Crippen LogP contribution in [-0.2, 0) is 24.2 Å². The van der Waals surface area contributed by atoms with Crippen LogP contribution in [0.5, 0.6) is 0 Å². The predicted octanol–water partition coefficient (Wildman–Crippen LogP) is -0.807. The molecule has 2 bridgehead atoms. The topological polar surface area (TPSA) is 80.8 Å². The lowest BCUT2D eigenvalue weighted by Crippen LogP contribution is -2.37. The molecule has 0 radical (unpaired) electrons. The van der Waals surface area contributed by atoms with Gasteiger partial charge in [0.25, 0.3) is 0 Å². The van der Waals surface area contributed by atoms with Gasteiger partial charge in [-0.2, -0.15) is 0 Å². The van der Waals surface area contributed by atoms with E-state index in [2.05, 4.69) is 0 Å². The number of carbonyl (C=O) groups excluding carboxylic acids is 2. The zero-order valence-corrected chi connectivity index (χ0v) is 10.9. The predicted molar refractivity (Wildman–Crippen MR) is 61.3 cm³/mol. The van der Waals surface area contributed by atoms with E-state index in [1.807, 2.05) is 0 Å². The van der Waals surface area contributed by atoms with Gasteiger partial charge in [0.2, 0.25) is 11.8 Å². The molecule has 0 saturated carbocycles. The molecule has 3 saturated heterocycles. The van der Waals surface area contributed by atoms with Crippen molar-refractivity contribution in [2.75, 3.05) is 18.6 Å². The molecule has 0 spiro atoms. The Kier molecular flexibility index (Phi) is 2.54. The Morgan fingerprint density at radius 1 is 1.17 bits per heavy atom. The summed E-state index contributed by atoms with van der Waals surface area (Å²) in [5.74, 6) is -1.39. The average Bonchev–Trinajstić information content (AvgIpc) is 2.90. The van der Waals surface area contributed by atoms with Crippen LogP contribution in [-0.4, -0.2) is 55.9 Å². The van der Waals surface area contributed by atoms with Gasteiger partial charge in [-0.1, -0.05) is 0 Å². The number of amides is 2. The second-order valence-corrected chi connectivity index (χ2v) is 7.56. The van der Waals surface area contributed by atoms with Crippen molar-refractivity contribution in [3.05, 3.63) is 0 Å². The van der Waals surface area contributed by atoms with Gasteiger partial charge in [-0.05, 0) is 12.8 Å². The molecule has 3 fully saturated rings. The molecule has 3 aliphatic rings. The number of likely N-dealkylation sites (tertiary alicyclic amines) is 1. The van der Waals surface area contributed by atoms with E-state index >= 15 is 0 Å². The molecule has 6 nitrogen and oxygen atoms in total. The summed E-state index contributed by atoms with van der Waals surface area (Å²) < 4.78 is 27.8. The molecular formula is C11H15NO5S. The third-order valence-corrected chi connectivity index (χ3v) is 4.99. The molecule has 3 heterocycles. The molecule has 3 aliphatic heterocycles. The number of rotatable bonds is 3. The lowest BCUT2D eigenvalue weighted by Gasteiger charge is -2.16. The summed E-state index contributed by atoms with van der Waals surface area (Å²) in [6.07, 6.45) is 2.47. The fourth-order valence-corrected chi connectivity index (χ4v) is 3.77. The maximum Gasteiger partial charge on any atom is 0.235 e. The maximum atomic E-state index is 12.1. The smallest absolute Gasteiger partial charge is 0.235 e. The van der Waals surface area contributed by atoms with E-state index < -0.39 is 9.84 Å². The Morgan fingerprint density at radius 3 is 2.11 bits per heavy atom. The van der Waals surface area contributed by atoms with Gasteiger partial charge in [0.05, 0.1) is 29.8 Å². The highest BCUT2D eigenvalue weighted by Gasteiger charge is 2.62. The second-order valence-electron chi connectivity index (χ2n) is 5.30. The Balaban J connectivity index is 1.78. The monoisotopic (exact) mass is 273 g/mol. The van der Waals surface area contributed by atoms with Crippen molar-refractivity contribution in [2.45, 2.75) is 25.0 Å². The minimum atomic E-state index is -3.17. The SMILES string of the molecule is CS(=O)(=O)CCN1C(=O)[C@@H]2[C@@H](C1=O)[C@H]1CC[C@@H]2O1. The second kappa shape index (κ2) is 3.77. The highest BCUT2D eigenvalue weighted by atomic mass is 32.2. The number of carbonyl (C=O) groups is 2. The van der Waals surface area contributed by atoms with Crippen molar-refractivity contribution >= 4 is 21.7 Å². The fourth-order valence-electron chi connectivity index (χ4n) is 3.25. The average molecular weight is 273 g/mol. The van der Waals surface area contributed by atoms with Crippen LogP contribution in [0.4, 0.5) is 0 Å². The number of imide groups is 1. The van der Waals surface area contributed by atoms with Crippen LogP contribution in [0.2, 0.25) is 0 Å². The van der Waals surface area contributed by atoms with Crippen molar-refractivity contribution < 1.29 is 22.7 Å². The Morgan fingerprint density at radius 2 is 1.67 bits per heavy atom. The summed E-state index contributed by atoms with van der Waals surface area (Å²) in [7, 11) is -3.17. The zero-order valence-electron chi connectivity index (χ0n) is 10.0. The van der Waals surface area contributed by atoms with Crippen molar-refractivity contribution in [1.29, 1.82) is 0 Å². The normalized spacial score (nSPS) is 38.6. The van der Waals surface area contributed by atoms with E-state index in [-0.39, 0.29) is 48.2 Å². The minimum absolute atomic E-state index is 0.0249. The van der Waals surface area contributed by atoms with Crippen LogP contribution in [0.25, 0.3) is 0 Å². The van der Waals surface area contributed by atoms with Crippen molar-refractivity contribution in [3.63, 3.8) is 0 Å². The van der Waals surface area contributed by atoms with Gasteiger partial charge in [-0.25, -0.2) is 8.42 Å². The minimum Gasteiger partial charge on any atom is -0.373 e. The molecule has 0 N–H and O–H groups in total. The number of ether oxygens (including phenoxy) is 1. The summed E-state index contributed by atoms with van der Waals surface area (Å²) in [5, 5.41) is 0. The maximum absolute atomic E-state index is 12.1. The van der Waals surface area contributed by atoms with Gasteiger partial charge in [-0.3, -0.25) is 14.5 Å². The highest BCUT2D eigenvalue weighted by Crippen LogP contribution is 2.48. The number of nitrogens with zero attached hydrogens (tertiary/aromatic N) is 1. The van der Waals surface area contributed by atoms with Gasteiger partial charge in [-0.15, -0.1) is 0 Å². The molecule has 18 heavy (non-hydrogen) atoms. The molecule has 0 unspecified atom stereocenters. The largest absolute Gasteiger partial charge is 0.373 e. The van der Waals surface area contributed by atoms with Crippen LogP contribution < -0.4 is 0 Å². The van der Waals surface area contributed by atoms with Crippen molar-refractivity contribution in [1.82, 2.24) is 4.90 Å². The first-order valence-corrected chi connectivity index (χ1v) is 8.13. The first-order valence-electron chi connectivity index (χ1n) is 6.07. The van der Waals surface area contributed by atoms with Crippen LogP contribution in [0.3, 0.4) is 0 Å². The lowest BCUT2D eigenvalue weighted by molar-refractivity contribution is -0.142. The molecule has 3 rings (SSSR count). The molecule has 4 atom stereocenters. The van der Waals surface area contributed by atoms with Crippen molar-refractivity contribution in [3.8, 4) is 0 Å². The molecule has 2 amide bonds. The molecule has 0 aromatic heterocycles. The Bertz CT molecular complexity index is 486. The summed E-state index contributed by atoms with van der Waals surface area (Å²) in [6.45, 7) is -0.0249. The molecular weight excluding hydrogens is 258 g/mol. The summed E-state index contributed by atoms with van der Waals surface area (Å²) >= 11 is 0. The summed E-state index contributed by atoms with van der Waals surface area (Å²) in [5.41, 5.74) is 0. The summed E-state index contributed by atoms with van der Waals surface area (Å²) in [6, 6.07) is 0. The van der Waals surface area contributed by atoms with Crippen LogP contribution >= 0.6 is 0 Å². The van der Waals surface area contributed by atoms with Crippen molar-refractivity contribution in [2.24, 2.45) is 11.8 Å². The number of hydrogen-bond acceptors (Lipinski definition) is 5. The Hall–Kier alpha value is -0.950. The van der Waals surface area contributed by atoms with Gasteiger partial charge in [0, 0.05) is 12.8 Å². The Labute approximate surface area is 105 Å². The fraction of sp³-hybridized carbons (Fsp3) is 0.818. The quantitative estimate of drug-likeness (QED) is 0.628. The van der Waals surface area contributed by atoms with E-state index in [4.69, 9.17) is 4.74 Å². The van der Waals surface area contributed by atoms with Gasteiger partial charge in [0.1, 0.15) is 9.84 Å². The van der Waals surface area contributed by atoms with Crippen LogP contribution in [0.15, 0.2) is 0 Å². The first-order chi connectivity index (χ1) is 8.38. The van der Waals surface area contributed by atoms with E-state index in [1.54, 1.807) is 0 Å².